The minimum atomic E-state index is -0.221. The lowest BCUT2D eigenvalue weighted by molar-refractivity contribution is -0.119. The number of ketones is 2. The minimum absolute atomic E-state index is 0.0708. The van der Waals surface area contributed by atoms with Crippen LogP contribution in [0.3, 0.4) is 0 Å². The Labute approximate surface area is 212 Å². The lowest BCUT2D eigenvalue weighted by atomic mass is 9.87. The van der Waals surface area contributed by atoms with E-state index in [-0.39, 0.29) is 17.5 Å². The third-order valence-electron chi connectivity index (χ3n) is 7.29. The normalized spacial score (nSPS) is 22.5. The average molecular weight is 490 g/mol. The molecule has 4 nitrogen and oxygen atoms in total. The standard InChI is InChI=1S/C30H32ClNO3/c1-18-8-14-25-24(6-5-7-27(25)31)26(21-9-12-23(35-4)13-10-21)16-28(18)32-17-22-11-15-29(33)19(2)20(3)30(22)34/h5-7,9-10,12-13,16,22,32H,8,11,14-15,17H2,1-4H3/b26-16-,28-18-. The van der Waals surface area contributed by atoms with Crippen molar-refractivity contribution in [3.05, 3.63) is 92.7 Å². The Bertz CT molecular complexity index is 1250. The number of fused-ring (bicyclic) bond motifs is 1. The highest BCUT2D eigenvalue weighted by molar-refractivity contribution is 6.31. The first kappa shape index (κ1) is 25.0. The van der Waals surface area contributed by atoms with Gasteiger partial charge in [0.2, 0.25) is 0 Å². The van der Waals surface area contributed by atoms with Crippen molar-refractivity contribution in [1.29, 1.82) is 0 Å². The number of halogens is 1. The van der Waals surface area contributed by atoms with Crippen LogP contribution in [0.1, 0.15) is 56.7 Å². The van der Waals surface area contributed by atoms with Gasteiger partial charge < -0.3 is 10.1 Å². The van der Waals surface area contributed by atoms with Crippen LogP contribution in [0.25, 0.3) is 5.57 Å². The zero-order chi connectivity index (χ0) is 25.1. The quantitative estimate of drug-likeness (QED) is 0.522. The Hall–Kier alpha value is -3.11. The number of nitrogens with one attached hydrogen (secondary N) is 1. The topological polar surface area (TPSA) is 55.4 Å². The second-order valence-corrected chi connectivity index (χ2v) is 9.81. The summed E-state index contributed by atoms with van der Waals surface area (Å²) in [7, 11) is 1.66. The van der Waals surface area contributed by atoms with Crippen molar-refractivity contribution in [3.63, 3.8) is 0 Å². The van der Waals surface area contributed by atoms with E-state index in [9.17, 15) is 9.59 Å². The highest BCUT2D eigenvalue weighted by Crippen LogP contribution is 2.35. The molecule has 35 heavy (non-hydrogen) atoms. The van der Waals surface area contributed by atoms with Crippen LogP contribution in [-0.4, -0.2) is 25.2 Å². The molecule has 1 atom stereocenters. The van der Waals surface area contributed by atoms with E-state index in [0.717, 1.165) is 51.6 Å². The number of hydrogen-bond acceptors (Lipinski definition) is 4. The molecule has 0 amide bonds. The lowest BCUT2D eigenvalue weighted by Gasteiger charge is -2.23. The van der Waals surface area contributed by atoms with Crippen LogP contribution in [-0.2, 0) is 16.0 Å². The minimum Gasteiger partial charge on any atom is -0.497 e. The molecule has 2 aromatic carbocycles. The number of ether oxygens (including phenoxy) is 1. The molecule has 2 aromatic rings. The highest BCUT2D eigenvalue weighted by atomic mass is 35.5. The van der Waals surface area contributed by atoms with Gasteiger partial charge in [0.15, 0.2) is 11.6 Å². The van der Waals surface area contributed by atoms with Crippen molar-refractivity contribution in [2.24, 2.45) is 5.92 Å². The molecule has 2 aliphatic carbocycles. The van der Waals surface area contributed by atoms with Crippen molar-refractivity contribution in [1.82, 2.24) is 5.32 Å². The number of methoxy groups -OCH3 is 1. The van der Waals surface area contributed by atoms with Crippen molar-refractivity contribution in [3.8, 4) is 5.75 Å². The molecule has 0 heterocycles. The molecule has 5 heteroatoms. The van der Waals surface area contributed by atoms with Crippen LogP contribution in [0.5, 0.6) is 5.75 Å². The molecule has 0 aromatic heterocycles. The molecule has 1 N–H and O–H groups in total. The molecule has 0 saturated carbocycles. The smallest absolute Gasteiger partial charge is 0.163 e. The van der Waals surface area contributed by atoms with E-state index in [0.29, 0.717) is 30.5 Å². The molecular formula is C30H32ClNO3. The number of benzene rings is 2. The molecule has 2 aliphatic rings. The molecule has 0 fully saturated rings. The van der Waals surface area contributed by atoms with Crippen LogP contribution in [0, 0.1) is 5.92 Å². The Morgan fingerprint density at radius 3 is 2.43 bits per heavy atom. The van der Waals surface area contributed by atoms with E-state index in [1.807, 2.05) is 24.3 Å². The van der Waals surface area contributed by atoms with Crippen LogP contribution in [0.2, 0.25) is 5.02 Å². The van der Waals surface area contributed by atoms with Gasteiger partial charge in [0.25, 0.3) is 0 Å². The average Bonchev–Trinajstić information content (AvgIpc) is 2.95. The van der Waals surface area contributed by atoms with Gasteiger partial charge in [-0.25, -0.2) is 0 Å². The first-order valence-electron chi connectivity index (χ1n) is 12.1. The number of Topliss-reactive ketones (excluding diaryl/α,β-unsaturated/α-hetero) is 2. The van der Waals surface area contributed by atoms with Gasteiger partial charge in [-0.3, -0.25) is 9.59 Å². The lowest BCUT2D eigenvalue weighted by Crippen LogP contribution is -2.29. The van der Waals surface area contributed by atoms with E-state index in [2.05, 4.69) is 36.5 Å². The largest absolute Gasteiger partial charge is 0.497 e. The Kier molecular flexibility index (Phi) is 7.61. The fourth-order valence-corrected chi connectivity index (χ4v) is 5.09. The first-order valence-corrected chi connectivity index (χ1v) is 12.5. The Morgan fingerprint density at radius 1 is 0.971 bits per heavy atom. The molecular weight excluding hydrogens is 458 g/mol. The maximum absolute atomic E-state index is 13.0. The summed E-state index contributed by atoms with van der Waals surface area (Å²) in [6.45, 7) is 6.16. The van der Waals surface area contributed by atoms with Gasteiger partial charge in [-0.2, -0.15) is 0 Å². The molecule has 4 rings (SSSR count). The van der Waals surface area contributed by atoms with Gasteiger partial charge >= 0.3 is 0 Å². The summed E-state index contributed by atoms with van der Waals surface area (Å²) >= 11 is 6.64. The summed E-state index contributed by atoms with van der Waals surface area (Å²) in [5.41, 5.74) is 7.82. The summed E-state index contributed by atoms with van der Waals surface area (Å²) in [6.07, 6.45) is 4.85. The first-order chi connectivity index (χ1) is 16.8. The van der Waals surface area contributed by atoms with E-state index in [1.54, 1.807) is 21.0 Å². The van der Waals surface area contributed by atoms with Crippen LogP contribution < -0.4 is 10.1 Å². The number of carbonyl (C=O) groups excluding carboxylic acids is 2. The third-order valence-corrected chi connectivity index (χ3v) is 7.64. The Balaban J connectivity index is 1.71. The predicted octanol–water partition coefficient (Wildman–Crippen LogP) is 6.47. The number of hydrogen-bond donors (Lipinski definition) is 1. The van der Waals surface area contributed by atoms with Crippen LogP contribution >= 0.6 is 11.6 Å². The number of allylic oxidation sites excluding steroid dienone is 4. The zero-order valence-corrected chi connectivity index (χ0v) is 21.6. The monoisotopic (exact) mass is 489 g/mol. The van der Waals surface area contributed by atoms with Crippen LogP contribution in [0.4, 0.5) is 0 Å². The second kappa shape index (κ2) is 10.7. The number of rotatable bonds is 5. The fraction of sp³-hybridized carbons (Fsp3) is 0.333. The molecule has 0 saturated heterocycles. The van der Waals surface area contributed by atoms with Gasteiger partial charge in [-0.05, 0) is 103 Å². The van der Waals surface area contributed by atoms with Crippen molar-refractivity contribution in [2.45, 2.75) is 46.5 Å². The Morgan fingerprint density at radius 2 is 1.71 bits per heavy atom. The molecule has 0 spiro atoms. The molecule has 1 unspecified atom stereocenters. The van der Waals surface area contributed by atoms with Gasteiger partial charge in [0.1, 0.15) is 5.75 Å². The molecule has 0 bridgehead atoms. The van der Waals surface area contributed by atoms with Gasteiger partial charge in [0, 0.05) is 29.6 Å². The fourth-order valence-electron chi connectivity index (χ4n) is 4.82. The molecule has 182 valence electrons. The number of carbonyl (C=O) groups is 2. The third kappa shape index (κ3) is 5.28. The van der Waals surface area contributed by atoms with E-state index >= 15 is 0 Å². The van der Waals surface area contributed by atoms with Gasteiger partial charge in [-0.15, -0.1) is 0 Å². The van der Waals surface area contributed by atoms with E-state index in [4.69, 9.17) is 16.3 Å². The summed E-state index contributed by atoms with van der Waals surface area (Å²) in [5.74, 6) is 0.731. The SMILES string of the molecule is COc1ccc(/C2=C/C(NCC3CCC(=O)C(C)=C(C)C3=O)=C(\C)CCc3c(Cl)cccc32)cc1. The maximum atomic E-state index is 13.0. The summed E-state index contributed by atoms with van der Waals surface area (Å²) < 4.78 is 5.36. The van der Waals surface area contributed by atoms with E-state index < -0.39 is 0 Å². The van der Waals surface area contributed by atoms with Gasteiger partial charge in [-0.1, -0.05) is 35.9 Å². The highest BCUT2D eigenvalue weighted by Gasteiger charge is 2.27. The molecule has 0 radical (unpaired) electrons. The molecule has 0 aliphatic heterocycles. The predicted molar refractivity (Wildman–Crippen MR) is 142 cm³/mol. The maximum Gasteiger partial charge on any atom is 0.163 e. The summed E-state index contributed by atoms with van der Waals surface area (Å²) in [6, 6.07) is 14.1. The van der Waals surface area contributed by atoms with E-state index in [1.165, 1.54) is 5.57 Å². The van der Waals surface area contributed by atoms with Crippen LogP contribution in [0.15, 0.2) is 71.0 Å². The van der Waals surface area contributed by atoms with Gasteiger partial charge in [0.05, 0.1) is 7.11 Å². The second-order valence-electron chi connectivity index (χ2n) is 9.40. The van der Waals surface area contributed by atoms with Crippen molar-refractivity contribution < 1.29 is 14.3 Å². The summed E-state index contributed by atoms with van der Waals surface area (Å²) in [4.78, 5) is 25.3. The van der Waals surface area contributed by atoms with Crippen molar-refractivity contribution >= 4 is 28.7 Å². The van der Waals surface area contributed by atoms with Crippen molar-refractivity contribution in [2.75, 3.05) is 13.7 Å². The zero-order valence-electron chi connectivity index (χ0n) is 20.8. The summed E-state index contributed by atoms with van der Waals surface area (Å²) in [5, 5.41) is 4.35.